The number of aromatic nitrogens is 3. The first-order valence-electron chi connectivity index (χ1n) is 27.5. The first-order valence-corrected chi connectivity index (χ1v) is 28.3. The molecule has 4 aromatic rings. The molecular formula is C56H79N9O10S. The van der Waals surface area contributed by atoms with Crippen molar-refractivity contribution in [3.63, 3.8) is 0 Å². The number of carboxylic acids is 1. The SMILES string of the molecule is CO[C@@H](C)c1ncc(N2CCN(C3CC3)CC2)cc1-c1c(CC(C)(C)CO)c2cc(-c3csc([C@H]([C@H](NC(=O)OC(C)(C)C)C(=O)N4CCC[C@@H](C(=O)O)N4)N4CC5(COC5)C4)n3)ccc2n1CCOC1CCOCC1. The maximum Gasteiger partial charge on any atom is 0.408 e. The number of methoxy groups -OCH3 is 1. The molecule has 1 spiro atoms. The van der Waals surface area contributed by atoms with Gasteiger partial charge in [0, 0.05) is 118 Å². The first-order chi connectivity index (χ1) is 36.4. The van der Waals surface area contributed by atoms with Crippen molar-refractivity contribution >= 4 is 45.9 Å². The Balaban J connectivity index is 1.07. The zero-order valence-electron chi connectivity index (χ0n) is 45.5. The summed E-state index contributed by atoms with van der Waals surface area (Å²) in [5.41, 5.74) is 9.08. The molecule has 20 heteroatoms. The Labute approximate surface area is 450 Å². The van der Waals surface area contributed by atoms with Crippen molar-refractivity contribution in [1.82, 2.24) is 40.1 Å². The Morgan fingerprint density at radius 1 is 0.987 bits per heavy atom. The van der Waals surface area contributed by atoms with E-state index >= 15 is 0 Å². The van der Waals surface area contributed by atoms with Crippen molar-refractivity contribution in [2.45, 2.75) is 135 Å². The van der Waals surface area contributed by atoms with Gasteiger partial charge in [0.05, 0.1) is 67.0 Å². The van der Waals surface area contributed by atoms with E-state index in [-0.39, 0.29) is 30.8 Å². The minimum atomic E-state index is -1.18. The van der Waals surface area contributed by atoms with E-state index in [1.54, 1.807) is 27.9 Å². The van der Waals surface area contributed by atoms with Gasteiger partial charge in [-0.05, 0) is 102 Å². The van der Waals surface area contributed by atoms with Crippen molar-refractivity contribution in [1.29, 1.82) is 0 Å². The molecule has 414 valence electrons. The van der Waals surface area contributed by atoms with Crippen LogP contribution >= 0.6 is 11.3 Å². The number of amides is 2. The number of benzene rings is 1. The standard InChI is InChI=1S/C56H79N9O10S/c1-35(71-7)46-41(26-38(28-57-46)62-19-17-61(18-20-62)37-11-12-37)48-42(27-55(5,6)32-66)40-25-36(10-13-45(40)64(48)21-24-74-39-14-22-72-23-15-39)44-29-76-50(58-44)49(63-30-56(31-63)33-73-34-56)47(59-53(70)75-54(2,3)4)51(67)65-16-8-9-43(60-65)52(68)69/h10,13,25-26,28-29,35,37,39,43,47,49,60,66H,8-9,11-12,14-24,27,30-34H2,1-7H3,(H,59,70)(H,68,69)/t35-,43-,47-,49-/m0/s1. The maximum absolute atomic E-state index is 14.9. The summed E-state index contributed by atoms with van der Waals surface area (Å²) < 4.78 is 32.2. The highest BCUT2D eigenvalue weighted by Gasteiger charge is 2.54. The summed E-state index contributed by atoms with van der Waals surface area (Å²) in [7, 11) is 1.72. The van der Waals surface area contributed by atoms with Crippen molar-refractivity contribution in [3.05, 3.63) is 52.1 Å². The Morgan fingerprint density at radius 3 is 2.39 bits per heavy atom. The molecule has 1 aliphatic carbocycles. The number of aliphatic hydroxyl groups is 1. The number of nitrogens with one attached hydrogen (secondary N) is 2. The number of piperazine rings is 1. The van der Waals surface area contributed by atoms with E-state index in [4.69, 9.17) is 33.7 Å². The van der Waals surface area contributed by atoms with Crippen molar-refractivity contribution < 1.29 is 48.3 Å². The Kier molecular flexibility index (Phi) is 16.2. The number of fused-ring (bicyclic) bond motifs is 1. The summed E-state index contributed by atoms with van der Waals surface area (Å²) >= 11 is 1.42. The summed E-state index contributed by atoms with van der Waals surface area (Å²) in [5.74, 6) is -1.53. The number of alkyl carbamates (subject to hydrolysis) is 1. The summed E-state index contributed by atoms with van der Waals surface area (Å²) in [6.07, 6.45) is 6.70. The monoisotopic (exact) mass is 1070 g/mol. The van der Waals surface area contributed by atoms with E-state index in [1.165, 1.54) is 29.2 Å². The highest BCUT2D eigenvalue weighted by molar-refractivity contribution is 7.10. The smallest absolute Gasteiger partial charge is 0.408 e. The van der Waals surface area contributed by atoms with Crippen molar-refractivity contribution in [2.75, 3.05) is 97.5 Å². The topological polar surface area (TPSA) is 206 Å². The molecule has 6 fully saturated rings. The Bertz CT molecular complexity index is 2710. The van der Waals surface area contributed by atoms with Gasteiger partial charge in [-0.25, -0.2) is 15.2 Å². The molecule has 19 nitrogen and oxygen atoms in total. The number of pyridine rings is 1. The van der Waals surface area contributed by atoms with Crippen LogP contribution in [0.1, 0.15) is 108 Å². The molecule has 76 heavy (non-hydrogen) atoms. The highest BCUT2D eigenvalue weighted by Crippen LogP contribution is 2.46. The molecule has 0 radical (unpaired) electrons. The molecule has 0 unspecified atom stereocenters. The average molecular weight is 1070 g/mol. The summed E-state index contributed by atoms with van der Waals surface area (Å²) in [4.78, 5) is 58.7. The molecule has 4 N–H and O–H groups in total. The third-order valence-electron chi connectivity index (χ3n) is 16.1. The number of carbonyl (C=O) groups is 3. The van der Waals surface area contributed by atoms with Crippen LogP contribution in [0.3, 0.4) is 0 Å². The number of rotatable bonds is 19. The molecular weight excluding hydrogens is 991 g/mol. The lowest BCUT2D eigenvalue weighted by atomic mass is 9.76. The predicted molar refractivity (Wildman–Crippen MR) is 289 cm³/mol. The minimum Gasteiger partial charge on any atom is -0.480 e. The number of aliphatic hydroxyl groups excluding tert-OH is 1. The second-order valence-electron chi connectivity index (χ2n) is 23.8. The Morgan fingerprint density at radius 2 is 1.74 bits per heavy atom. The molecule has 3 aromatic heterocycles. The molecule has 1 aromatic carbocycles. The summed E-state index contributed by atoms with van der Waals surface area (Å²) in [6.45, 7) is 20.5. The van der Waals surface area contributed by atoms with Gasteiger partial charge in [0.1, 0.15) is 22.7 Å². The van der Waals surface area contributed by atoms with Gasteiger partial charge in [0.15, 0.2) is 0 Å². The van der Waals surface area contributed by atoms with Gasteiger partial charge in [0.2, 0.25) is 0 Å². The zero-order chi connectivity index (χ0) is 53.5. The molecule has 5 saturated heterocycles. The minimum absolute atomic E-state index is 0.0293. The fraction of sp³-hybridized carbons (Fsp3) is 0.661. The molecule has 2 amide bonds. The van der Waals surface area contributed by atoms with E-state index in [2.05, 4.69) is 68.1 Å². The fourth-order valence-corrected chi connectivity index (χ4v) is 12.7. The number of carboxylic acid groups (broad SMARTS) is 1. The van der Waals surface area contributed by atoms with Crippen LogP contribution < -0.4 is 15.6 Å². The van der Waals surface area contributed by atoms with Gasteiger partial charge in [-0.3, -0.25) is 29.4 Å². The van der Waals surface area contributed by atoms with Crippen molar-refractivity contribution in [3.8, 4) is 22.5 Å². The van der Waals surface area contributed by atoms with Gasteiger partial charge in [-0.15, -0.1) is 11.3 Å². The van der Waals surface area contributed by atoms with Gasteiger partial charge in [-0.2, -0.15) is 0 Å². The molecule has 5 aliphatic heterocycles. The number of ether oxygens (including phenoxy) is 5. The number of thiazole rings is 1. The molecule has 4 atom stereocenters. The number of carbonyl (C=O) groups excluding carboxylic acids is 2. The summed E-state index contributed by atoms with van der Waals surface area (Å²) in [5, 5.41) is 28.9. The largest absolute Gasteiger partial charge is 0.480 e. The van der Waals surface area contributed by atoms with E-state index in [1.807, 2.05) is 18.5 Å². The second kappa shape index (κ2) is 22.5. The van der Waals surface area contributed by atoms with Crippen LogP contribution in [0, 0.1) is 10.8 Å². The number of nitrogens with zero attached hydrogens (tertiary/aromatic N) is 7. The van der Waals surface area contributed by atoms with Crippen LogP contribution in [0.15, 0.2) is 35.8 Å². The van der Waals surface area contributed by atoms with Crippen molar-refractivity contribution in [2.24, 2.45) is 10.8 Å². The lowest BCUT2D eigenvalue weighted by molar-refractivity contribution is -0.202. The fourth-order valence-electron chi connectivity index (χ4n) is 11.7. The van der Waals surface area contributed by atoms with Gasteiger partial charge < -0.3 is 48.7 Å². The second-order valence-corrected chi connectivity index (χ2v) is 24.7. The van der Waals surface area contributed by atoms with E-state index < -0.39 is 47.1 Å². The Hall–Kier alpha value is -4.77. The summed E-state index contributed by atoms with van der Waals surface area (Å²) in [6, 6.07) is 6.63. The molecule has 6 aliphatic rings. The van der Waals surface area contributed by atoms with E-state index in [9.17, 15) is 24.6 Å². The van der Waals surface area contributed by atoms with Crippen LogP contribution in [0.25, 0.3) is 33.4 Å². The van der Waals surface area contributed by atoms with Crippen LogP contribution in [-0.4, -0.2) is 180 Å². The molecule has 8 heterocycles. The van der Waals surface area contributed by atoms with Gasteiger partial charge in [0.25, 0.3) is 5.91 Å². The van der Waals surface area contributed by atoms with E-state index in [0.717, 1.165) is 89.7 Å². The number of hydrogen-bond donors (Lipinski definition) is 4. The molecule has 0 bridgehead atoms. The lowest BCUT2D eigenvalue weighted by Crippen LogP contribution is -2.70. The number of likely N-dealkylation sites (tertiary alicyclic amines) is 1. The number of anilines is 1. The zero-order valence-corrected chi connectivity index (χ0v) is 46.3. The van der Waals surface area contributed by atoms with Crippen LogP contribution in [0.2, 0.25) is 0 Å². The normalized spacial score (nSPS) is 22.0. The number of hydrogen-bond acceptors (Lipinski definition) is 16. The van der Waals surface area contributed by atoms with Gasteiger partial charge in [-0.1, -0.05) is 19.9 Å². The predicted octanol–water partition coefficient (Wildman–Crippen LogP) is 6.42. The molecule has 10 rings (SSSR count). The van der Waals surface area contributed by atoms with Crippen LogP contribution in [0.4, 0.5) is 10.5 Å². The maximum atomic E-state index is 14.9. The highest BCUT2D eigenvalue weighted by atomic mass is 32.1. The van der Waals surface area contributed by atoms with Gasteiger partial charge >= 0.3 is 12.1 Å². The average Bonchev–Trinajstić information content (AvgIpc) is 4.05. The first kappa shape index (κ1) is 54.6. The van der Waals surface area contributed by atoms with Crippen LogP contribution in [0.5, 0.6) is 0 Å². The number of aliphatic carboxylic acids is 1. The third-order valence-corrected chi connectivity index (χ3v) is 17.0. The quantitative estimate of drug-likeness (QED) is 0.0800. The lowest BCUT2D eigenvalue weighted by Gasteiger charge is -2.57. The number of hydrazine groups is 1. The van der Waals surface area contributed by atoms with Crippen LogP contribution in [-0.2, 0) is 46.2 Å². The van der Waals surface area contributed by atoms with E-state index in [0.29, 0.717) is 82.6 Å². The molecule has 1 saturated carbocycles. The third kappa shape index (κ3) is 11.9.